The van der Waals surface area contributed by atoms with Crippen LogP contribution in [0, 0.1) is 11.8 Å². The highest BCUT2D eigenvalue weighted by molar-refractivity contribution is 5.81. The van der Waals surface area contributed by atoms with E-state index in [-0.39, 0.29) is 0 Å². The molecule has 2 saturated carbocycles. The van der Waals surface area contributed by atoms with Gasteiger partial charge in [-0.1, -0.05) is 12.0 Å². The van der Waals surface area contributed by atoms with Crippen molar-refractivity contribution in [3.8, 4) is 0 Å². The van der Waals surface area contributed by atoms with Crippen molar-refractivity contribution in [3.63, 3.8) is 0 Å². The zero-order chi connectivity index (χ0) is 7.84. The molecule has 2 aliphatic rings. The Bertz CT molecular complexity index is 218. The van der Waals surface area contributed by atoms with Gasteiger partial charge in [-0.3, -0.25) is 0 Å². The second-order valence-corrected chi connectivity index (χ2v) is 3.56. The Hall–Kier alpha value is -0.790. The molecule has 2 aliphatic carbocycles. The minimum Gasteiger partial charge on any atom is -0.478 e. The Morgan fingerprint density at radius 2 is 2.36 bits per heavy atom. The molecule has 1 N–H and O–H groups in total. The summed E-state index contributed by atoms with van der Waals surface area (Å²) < 4.78 is 0. The lowest BCUT2D eigenvalue weighted by molar-refractivity contribution is -0.131. The maximum atomic E-state index is 10.3. The maximum Gasteiger partial charge on any atom is 0.328 e. The lowest BCUT2D eigenvalue weighted by atomic mass is 9.71. The van der Waals surface area contributed by atoms with E-state index in [0.717, 1.165) is 12.3 Å². The van der Waals surface area contributed by atoms with Gasteiger partial charge in [0.1, 0.15) is 0 Å². The van der Waals surface area contributed by atoms with Crippen LogP contribution in [0.15, 0.2) is 11.6 Å². The molecule has 0 aromatic rings. The Morgan fingerprint density at radius 3 is 3.00 bits per heavy atom. The summed E-state index contributed by atoms with van der Waals surface area (Å²) in [6.45, 7) is 0. The highest BCUT2D eigenvalue weighted by Gasteiger charge is 2.39. The van der Waals surface area contributed by atoms with Gasteiger partial charge < -0.3 is 5.11 Å². The minimum absolute atomic E-state index is 0.645. The van der Waals surface area contributed by atoms with E-state index in [9.17, 15) is 4.79 Å². The molecule has 60 valence electrons. The van der Waals surface area contributed by atoms with E-state index in [1.165, 1.54) is 30.9 Å². The van der Waals surface area contributed by atoms with Crippen LogP contribution in [0.2, 0.25) is 0 Å². The molecule has 0 spiro atoms. The molecule has 0 amide bonds. The molecular weight excluding hydrogens is 140 g/mol. The van der Waals surface area contributed by atoms with Gasteiger partial charge in [0.05, 0.1) is 0 Å². The van der Waals surface area contributed by atoms with Gasteiger partial charge in [0.2, 0.25) is 0 Å². The smallest absolute Gasteiger partial charge is 0.328 e. The van der Waals surface area contributed by atoms with Gasteiger partial charge in [0.15, 0.2) is 0 Å². The predicted octanol–water partition coefficient (Wildman–Crippen LogP) is 1.82. The molecule has 2 rings (SSSR count). The standard InChI is InChI=1S/C9H12O2/c10-9(11)5-7-4-6-2-1-3-8(6)7/h5-6,8H,1-4H2,(H,10,11)/b7-5-/t6-,8-/m1/s1. The normalized spacial score (nSPS) is 38.4. The molecule has 2 atom stereocenters. The summed E-state index contributed by atoms with van der Waals surface area (Å²) in [5.41, 5.74) is 1.18. The van der Waals surface area contributed by atoms with Crippen LogP contribution in [-0.2, 0) is 4.79 Å². The maximum absolute atomic E-state index is 10.3. The van der Waals surface area contributed by atoms with Gasteiger partial charge in [-0.05, 0) is 31.1 Å². The van der Waals surface area contributed by atoms with Gasteiger partial charge >= 0.3 is 5.97 Å². The van der Waals surface area contributed by atoms with Crippen molar-refractivity contribution < 1.29 is 9.90 Å². The number of carboxylic acids is 1. The first kappa shape index (κ1) is 6.89. The molecule has 0 aliphatic heterocycles. The molecule has 0 aromatic carbocycles. The van der Waals surface area contributed by atoms with Crippen LogP contribution in [0.1, 0.15) is 25.7 Å². The number of hydrogen-bond donors (Lipinski definition) is 1. The first-order valence-electron chi connectivity index (χ1n) is 4.21. The molecule has 2 heteroatoms. The molecule has 0 aromatic heterocycles. The number of aliphatic carboxylic acids is 1. The third-order valence-electron chi connectivity index (χ3n) is 2.94. The van der Waals surface area contributed by atoms with E-state index >= 15 is 0 Å². The molecule has 11 heavy (non-hydrogen) atoms. The van der Waals surface area contributed by atoms with Crippen molar-refractivity contribution >= 4 is 5.97 Å². The van der Waals surface area contributed by atoms with Crippen LogP contribution in [0.4, 0.5) is 0 Å². The number of rotatable bonds is 1. The van der Waals surface area contributed by atoms with E-state index in [1.807, 2.05) is 0 Å². The van der Waals surface area contributed by atoms with Crippen LogP contribution in [0.25, 0.3) is 0 Å². The van der Waals surface area contributed by atoms with Crippen LogP contribution in [-0.4, -0.2) is 11.1 Å². The Balaban J connectivity index is 2.05. The van der Waals surface area contributed by atoms with Crippen molar-refractivity contribution in [3.05, 3.63) is 11.6 Å². The Morgan fingerprint density at radius 1 is 1.55 bits per heavy atom. The first-order chi connectivity index (χ1) is 5.27. The molecule has 2 fully saturated rings. The SMILES string of the molecule is O=C(O)/C=C1/C[C@H]2CCC[C@@H]12. The van der Waals surface area contributed by atoms with E-state index in [1.54, 1.807) is 0 Å². The Labute approximate surface area is 65.9 Å². The summed E-state index contributed by atoms with van der Waals surface area (Å²) in [7, 11) is 0. The van der Waals surface area contributed by atoms with Crippen molar-refractivity contribution in [1.82, 2.24) is 0 Å². The van der Waals surface area contributed by atoms with Gasteiger partial charge in [0, 0.05) is 6.08 Å². The lowest BCUT2D eigenvalue weighted by Crippen LogP contribution is -2.24. The summed E-state index contributed by atoms with van der Waals surface area (Å²) in [5, 5.41) is 8.49. The minimum atomic E-state index is -0.773. The van der Waals surface area contributed by atoms with E-state index in [4.69, 9.17) is 5.11 Å². The summed E-state index contributed by atoms with van der Waals surface area (Å²) >= 11 is 0. The number of carbonyl (C=O) groups is 1. The molecule has 0 unspecified atom stereocenters. The Kier molecular flexibility index (Phi) is 1.48. The summed E-state index contributed by atoms with van der Waals surface area (Å²) in [6, 6.07) is 0. The molecule has 0 heterocycles. The second kappa shape index (κ2) is 2.36. The first-order valence-corrected chi connectivity index (χ1v) is 4.21. The molecular formula is C9H12O2. The number of carboxylic acid groups (broad SMARTS) is 1. The average Bonchev–Trinajstić information content (AvgIpc) is 2.26. The molecule has 0 radical (unpaired) electrons. The highest BCUT2D eigenvalue weighted by Crippen LogP contribution is 2.50. The zero-order valence-corrected chi connectivity index (χ0v) is 6.42. The fourth-order valence-electron chi connectivity index (χ4n) is 2.39. The van der Waals surface area contributed by atoms with Crippen molar-refractivity contribution in [2.24, 2.45) is 11.8 Å². The average molecular weight is 152 g/mol. The van der Waals surface area contributed by atoms with Crippen molar-refractivity contribution in [2.75, 3.05) is 0 Å². The van der Waals surface area contributed by atoms with E-state index < -0.39 is 5.97 Å². The number of allylic oxidation sites excluding steroid dienone is 1. The molecule has 2 nitrogen and oxygen atoms in total. The van der Waals surface area contributed by atoms with E-state index in [2.05, 4.69) is 0 Å². The third kappa shape index (κ3) is 1.06. The highest BCUT2D eigenvalue weighted by atomic mass is 16.4. The van der Waals surface area contributed by atoms with Crippen LogP contribution in [0.5, 0.6) is 0 Å². The van der Waals surface area contributed by atoms with Crippen LogP contribution >= 0.6 is 0 Å². The fourth-order valence-corrected chi connectivity index (χ4v) is 2.39. The fraction of sp³-hybridized carbons (Fsp3) is 0.667. The van der Waals surface area contributed by atoms with Crippen molar-refractivity contribution in [2.45, 2.75) is 25.7 Å². The number of hydrogen-bond acceptors (Lipinski definition) is 1. The quantitative estimate of drug-likeness (QED) is 0.582. The van der Waals surface area contributed by atoms with Gasteiger partial charge in [-0.15, -0.1) is 0 Å². The molecule has 0 saturated heterocycles. The lowest BCUT2D eigenvalue weighted by Gasteiger charge is -2.33. The van der Waals surface area contributed by atoms with Crippen LogP contribution < -0.4 is 0 Å². The van der Waals surface area contributed by atoms with E-state index in [0.29, 0.717) is 5.92 Å². The zero-order valence-electron chi connectivity index (χ0n) is 6.42. The summed E-state index contributed by atoms with van der Waals surface area (Å²) in [6.07, 6.45) is 6.31. The predicted molar refractivity (Wildman–Crippen MR) is 41.2 cm³/mol. The third-order valence-corrected chi connectivity index (χ3v) is 2.94. The largest absolute Gasteiger partial charge is 0.478 e. The summed E-state index contributed by atoms with van der Waals surface area (Å²) in [5.74, 6) is 0.706. The number of fused-ring (bicyclic) bond motifs is 1. The van der Waals surface area contributed by atoms with Crippen LogP contribution in [0.3, 0.4) is 0 Å². The molecule has 0 bridgehead atoms. The van der Waals surface area contributed by atoms with Gasteiger partial charge in [0.25, 0.3) is 0 Å². The van der Waals surface area contributed by atoms with Crippen molar-refractivity contribution in [1.29, 1.82) is 0 Å². The van der Waals surface area contributed by atoms with Gasteiger partial charge in [-0.2, -0.15) is 0 Å². The second-order valence-electron chi connectivity index (χ2n) is 3.56. The van der Waals surface area contributed by atoms with Gasteiger partial charge in [-0.25, -0.2) is 4.79 Å². The monoisotopic (exact) mass is 152 g/mol. The summed E-state index contributed by atoms with van der Waals surface area (Å²) in [4.78, 5) is 10.3. The topological polar surface area (TPSA) is 37.3 Å².